The van der Waals surface area contributed by atoms with Gasteiger partial charge in [0.1, 0.15) is 12.4 Å². The number of thiophene rings is 1. The molecule has 0 bridgehead atoms. The Labute approximate surface area is 108 Å². The first kappa shape index (κ1) is 12.6. The van der Waals surface area contributed by atoms with E-state index in [0.29, 0.717) is 5.56 Å². The van der Waals surface area contributed by atoms with Crippen molar-refractivity contribution in [2.75, 3.05) is 5.73 Å². The predicted octanol–water partition coefficient (Wildman–Crippen LogP) is 3.13. The van der Waals surface area contributed by atoms with Gasteiger partial charge in [-0.15, -0.1) is 11.3 Å². The zero-order chi connectivity index (χ0) is 13.1. The van der Waals surface area contributed by atoms with Crippen molar-refractivity contribution in [3.8, 4) is 0 Å². The second kappa shape index (κ2) is 5.18. The number of carbonyl (C=O) groups excluding carboxylic acids is 1. The zero-order valence-corrected chi connectivity index (χ0v) is 10.6. The second-order valence-corrected chi connectivity index (χ2v) is 4.86. The van der Waals surface area contributed by atoms with Crippen molar-refractivity contribution in [2.45, 2.75) is 13.5 Å². The topological polar surface area (TPSA) is 52.3 Å². The molecule has 2 rings (SSSR count). The zero-order valence-electron chi connectivity index (χ0n) is 9.77. The summed E-state index contributed by atoms with van der Waals surface area (Å²) in [5.74, 6) is -1.08. The maximum atomic E-state index is 13.4. The molecule has 2 aromatic rings. The molecule has 1 aromatic carbocycles. The van der Waals surface area contributed by atoms with Gasteiger partial charge in [-0.05, 0) is 30.5 Å². The van der Waals surface area contributed by atoms with Crippen molar-refractivity contribution >= 4 is 23.0 Å². The highest BCUT2D eigenvalue weighted by Crippen LogP contribution is 2.19. The quantitative estimate of drug-likeness (QED) is 0.685. The van der Waals surface area contributed by atoms with Crippen LogP contribution in [0, 0.1) is 12.7 Å². The number of benzene rings is 1. The van der Waals surface area contributed by atoms with Gasteiger partial charge in [-0.25, -0.2) is 9.18 Å². The lowest BCUT2D eigenvalue weighted by atomic mass is 10.1. The van der Waals surface area contributed by atoms with Gasteiger partial charge in [0.05, 0.1) is 5.56 Å². The lowest BCUT2D eigenvalue weighted by Crippen LogP contribution is -2.07. The first-order valence-electron chi connectivity index (χ1n) is 5.33. The molecule has 0 atom stereocenters. The number of hydrogen-bond donors (Lipinski definition) is 1. The lowest BCUT2D eigenvalue weighted by Gasteiger charge is -2.07. The van der Waals surface area contributed by atoms with Gasteiger partial charge in [0.2, 0.25) is 0 Å². The number of anilines is 1. The van der Waals surface area contributed by atoms with Crippen molar-refractivity contribution in [3.05, 3.63) is 51.5 Å². The van der Waals surface area contributed by atoms with Crippen LogP contribution in [-0.4, -0.2) is 5.97 Å². The highest BCUT2D eigenvalue weighted by molar-refractivity contribution is 7.09. The Balaban J connectivity index is 2.09. The molecule has 2 N–H and O–H groups in total. The number of halogens is 1. The SMILES string of the molecule is Cc1c(N)cc(C(=O)OCc2cccs2)cc1F. The molecule has 0 amide bonds. The van der Waals surface area contributed by atoms with E-state index < -0.39 is 11.8 Å². The van der Waals surface area contributed by atoms with Gasteiger partial charge in [-0.1, -0.05) is 6.07 Å². The van der Waals surface area contributed by atoms with Crippen LogP contribution >= 0.6 is 11.3 Å². The minimum atomic E-state index is -0.575. The van der Waals surface area contributed by atoms with E-state index in [1.165, 1.54) is 17.4 Å². The summed E-state index contributed by atoms with van der Waals surface area (Å²) < 4.78 is 18.5. The van der Waals surface area contributed by atoms with Gasteiger partial charge in [0.25, 0.3) is 0 Å². The summed E-state index contributed by atoms with van der Waals surface area (Å²) in [4.78, 5) is 12.6. The van der Waals surface area contributed by atoms with E-state index in [9.17, 15) is 9.18 Å². The molecule has 0 unspecified atom stereocenters. The summed E-state index contributed by atoms with van der Waals surface area (Å²) in [6, 6.07) is 6.30. The Morgan fingerprint density at radius 1 is 1.50 bits per heavy atom. The molecule has 0 aliphatic carbocycles. The highest BCUT2D eigenvalue weighted by atomic mass is 32.1. The Morgan fingerprint density at radius 2 is 2.28 bits per heavy atom. The lowest BCUT2D eigenvalue weighted by molar-refractivity contribution is 0.0476. The van der Waals surface area contributed by atoms with Gasteiger partial charge >= 0.3 is 5.97 Å². The molecule has 3 nitrogen and oxygen atoms in total. The van der Waals surface area contributed by atoms with E-state index >= 15 is 0 Å². The first-order valence-corrected chi connectivity index (χ1v) is 6.21. The molecule has 0 radical (unpaired) electrons. The number of nitrogens with two attached hydrogens (primary N) is 1. The molecule has 18 heavy (non-hydrogen) atoms. The third-order valence-electron chi connectivity index (χ3n) is 2.55. The predicted molar refractivity (Wildman–Crippen MR) is 69.0 cm³/mol. The third kappa shape index (κ3) is 2.68. The second-order valence-electron chi connectivity index (χ2n) is 3.83. The van der Waals surface area contributed by atoms with Gasteiger partial charge in [-0.2, -0.15) is 0 Å². The van der Waals surface area contributed by atoms with Crippen LogP contribution in [0.1, 0.15) is 20.8 Å². The number of esters is 1. The summed E-state index contributed by atoms with van der Waals surface area (Å²) >= 11 is 1.49. The van der Waals surface area contributed by atoms with Crippen LogP contribution in [0.3, 0.4) is 0 Å². The molecule has 0 aliphatic heterocycles. The Hall–Kier alpha value is -1.88. The molecular weight excluding hydrogens is 253 g/mol. The number of nitrogen functional groups attached to an aromatic ring is 1. The molecular formula is C13H12FNO2S. The maximum absolute atomic E-state index is 13.4. The molecule has 1 aromatic heterocycles. The van der Waals surface area contributed by atoms with Gasteiger partial charge < -0.3 is 10.5 Å². The Morgan fingerprint density at radius 3 is 2.89 bits per heavy atom. The molecule has 0 aliphatic rings. The standard InChI is InChI=1S/C13H12FNO2S/c1-8-11(14)5-9(6-12(8)15)13(16)17-7-10-3-2-4-18-10/h2-6H,7,15H2,1H3. The average molecular weight is 265 g/mol. The van der Waals surface area contributed by atoms with Crippen molar-refractivity contribution in [1.29, 1.82) is 0 Å². The van der Waals surface area contributed by atoms with Crippen molar-refractivity contribution in [1.82, 2.24) is 0 Å². The van der Waals surface area contributed by atoms with Crippen molar-refractivity contribution in [2.24, 2.45) is 0 Å². The van der Waals surface area contributed by atoms with Gasteiger partial charge in [0, 0.05) is 16.1 Å². The minimum Gasteiger partial charge on any atom is -0.456 e. The van der Waals surface area contributed by atoms with E-state index in [4.69, 9.17) is 10.5 Å². The van der Waals surface area contributed by atoms with E-state index in [2.05, 4.69) is 0 Å². The Kier molecular flexibility index (Phi) is 3.62. The van der Waals surface area contributed by atoms with Crippen LogP contribution in [0.25, 0.3) is 0 Å². The van der Waals surface area contributed by atoms with E-state index in [-0.39, 0.29) is 17.9 Å². The fraction of sp³-hybridized carbons (Fsp3) is 0.154. The van der Waals surface area contributed by atoms with E-state index in [0.717, 1.165) is 10.9 Å². The van der Waals surface area contributed by atoms with Gasteiger partial charge in [0.15, 0.2) is 0 Å². The summed E-state index contributed by atoms with van der Waals surface area (Å²) in [5.41, 5.74) is 6.32. The molecule has 1 heterocycles. The number of hydrogen-bond acceptors (Lipinski definition) is 4. The molecule has 0 fully saturated rings. The molecule has 0 spiro atoms. The van der Waals surface area contributed by atoms with Crippen LogP contribution in [0.2, 0.25) is 0 Å². The smallest absolute Gasteiger partial charge is 0.338 e. The summed E-state index contributed by atoms with van der Waals surface area (Å²) in [5, 5.41) is 1.90. The highest BCUT2D eigenvalue weighted by Gasteiger charge is 2.12. The minimum absolute atomic E-state index is 0.132. The monoisotopic (exact) mass is 265 g/mol. The van der Waals surface area contributed by atoms with E-state index in [1.807, 2.05) is 17.5 Å². The normalized spacial score (nSPS) is 10.3. The van der Waals surface area contributed by atoms with Crippen molar-refractivity contribution in [3.63, 3.8) is 0 Å². The maximum Gasteiger partial charge on any atom is 0.338 e. The van der Waals surface area contributed by atoms with Crippen LogP contribution in [0.15, 0.2) is 29.6 Å². The summed E-state index contributed by atoms with van der Waals surface area (Å²) in [6.45, 7) is 1.75. The Bertz CT molecular complexity index is 543. The van der Waals surface area contributed by atoms with Crippen LogP contribution in [0.5, 0.6) is 0 Å². The van der Waals surface area contributed by atoms with Crippen LogP contribution in [-0.2, 0) is 11.3 Å². The number of rotatable bonds is 3. The van der Waals surface area contributed by atoms with E-state index in [1.54, 1.807) is 6.92 Å². The number of carbonyl (C=O) groups is 1. The summed E-state index contributed by atoms with van der Waals surface area (Å²) in [7, 11) is 0. The fourth-order valence-electron chi connectivity index (χ4n) is 1.43. The van der Waals surface area contributed by atoms with Gasteiger partial charge in [-0.3, -0.25) is 0 Å². The molecule has 5 heteroatoms. The summed E-state index contributed by atoms with van der Waals surface area (Å²) in [6.07, 6.45) is 0. The fourth-order valence-corrected chi connectivity index (χ4v) is 2.05. The van der Waals surface area contributed by atoms with Crippen molar-refractivity contribution < 1.29 is 13.9 Å². The molecule has 0 saturated heterocycles. The molecule has 94 valence electrons. The van der Waals surface area contributed by atoms with Crippen LogP contribution < -0.4 is 5.73 Å². The third-order valence-corrected chi connectivity index (χ3v) is 3.40. The first-order chi connectivity index (χ1) is 8.58. The largest absolute Gasteiger partial charge is 0.456 e. The average Bonchev–Trinajstić information content (AvgIpc) is 2.85. The number of ether oxygens (including phenoxy) is 1. The molecule has 0 saturated carbocycles. The van der Waals surface area contributed by atoms with Crippen LogP contribution in [0.4, 0.5) is 10.1 Å².